The molecule has 0 spiro atoms. The Balaban J connectivity index is 5.13. The number of unbranched alkanes of at least 4 members (excludes halogenated alkanes) is 1. The van der Waals surface area contributed by atoms with Gasteiger partial charge in [0.25, 0.3) is 0 Å². The highest BCUT2D eigenvalue weighted by Crippen LogP contribution is 2.21. The number of esters is 3. The Kier molecular flexibility index (Phi) is 12.5. The van der Waals surface area contributed by atoms with E-state index in [1.54, 1.807) is 0 Å². The highest BCUT2D eigenvalue weighted by molar-refractivity contribution is 5.82. The lowest BCUT2D eigenvalue weighted by Gasteiger charge is -2.31. The molecule has 0 heterocycles. The third kappa shape index (κ3) is 10.4. The summed E-state index contributed by atoms with van der Waals surface area (Å²) in [7, 11) is 0. The van der Waals surface area contributed by atoms with Crippen molar-refractivity contribution in [3.05, 3.63) is 38.0 Å². The van der Waals surface area contributed by atoms with Crippen molar-refractivity contribution < 1.29 is 38.4 Å². The number of hydrogen-bond acceptors (Lipinski definition) is 8. The molecule has 0 saturated carbocycles. The zero-order valence-corrected chi connectivity index (χ0v) is 14.8. The van der Waals surface area contributed by atoms with Gasteiger partial charge in [-0.1, -0.05) is 19.7 Å². The molecule has 0 unspecified atom stereocenters. The topological polar surface area (TPSA) is 108 Å². The molecule has 0 saturated heterocycles. The summed E-state index contributed by atoms with van der Waals surface area (Å²) in [5, 5.41) is 8.79. The van der Waals surface area contributed by atoms with Crippen molar-refractivity contribution in [1.82, 2.24) is 0 Å². The Morgan fingerprint density at radius 2 is 1.19 bits per heavy atom. The van der Waals surface area contributed by atoms with Gasteiger partial charge in [0.1, 0.15) is 19.8 Å². The lowest BCUT2D eigenvalue weighted by molar-refractivity contribution is -0.161. The smallest absolute Gasteiger partial charge is 0.330 e. The highest BCUT2D eigenvalue weighted by Gasteiger charge is 2.36. The monoisotopic (exact) mass is 370 g/mol. The average Bonchev–Trinajstić information content (AvgIpc) is 2.67. The van der Waals surface area contributed by atoms with E-state index in [0.717, 1.165) is 18.2 Å². The molecule has 0 aromatic heterocycles. The van der Waals surface area contributed by atoms with Crippen LogP contribution in [-0.2, 0) is 33.3 Å². The number of aliphatic hydroxyl groups is 1. The molecule has 0 amide bonds. The molecule has 0 atom stereocenters. The van der Waals surface area contributed by atoms with E-state index in [1.165, 1.54) is 0 Å². The van der Waals surface area contributed by atoms with E-state index in [4.69, 9.17) is 24.1 Å². The van der Waals surface area contributed by atoms with Gasteiger partial charge in [0.05, 0.1) is 12.0 Å². The highest BCUT2D eigenvalue weighted by atomic mass is 16.6. The molecule has 26 heavy (non-hydrogen) atoms. The van der Waals surface area contributed by atoms with Gasteiger partial charge in [-0.3, -0.25) is 0 Å². The van der Waals surface area contributed by atoms with Crippen LogP contribution in [0.15, 0.2) is 38.0 Å². The SMILES string of the molecule is C=CC(=O)OCC(COCCCCO)(COC(=O)C=C)COC(=O)C=C. The van der Waals surface area contributed by atoms with Crippen LogP contribution in [0.1, 0.15) is 12.8 Å². The summed E-state index contributed by atoms with van der Waals surface area (Å²) < 4.78 is 20.7. The predicted molar refractivity (Wildman–Crippen MR) is 93.0 cm³/mol. The summed E-state index contributed by atoms with van der Waals surface area (Å²) in [4.78, 5) is 34.2. The molecule has 0 rings (SSSR count). The van der Waals surface area contributed by atoms with Crippen LogP contribution >= 0.6 is 0 Å². The minimum Gasteiger partial charge on any atom is -0.462 e. The maximum Gasteiger partial charge on any atom is 0.330 e. The molecule has 0 aliphatic rings. The van der Waals surface area contributed by atoms with E-state index in [-0.39, 0.29) is 33.0 Å². The molecule has 1 N–H and O–H groups in total. The van der Waals surface area contributed by atoms with Crippen LogP contribution in [0.25, 0.3) is 0 Å². The fourth-order valence-electron chi connectivity index (χ4n) is 1.70. The van der Waals surface area contributed by atoms with Gasteiger partial charge in [-0.25, -0.2) is 14.4 Å². The second-order valence-electron chi connectivity index (χ2n) is 5.42. The average molecular weight is 370 g/mol. The Labute approximate surface area is 153 Å². The molecule has 8 nitrogen and oxygen atoms in total. The van der Waals surface area contributed by atoms with Crippen molar-refractivity contribution in [1.29, 1.82) is 0 Å². The third-order valence-corrected chi connectivity index (χ3v) is 3.17. The van der Waals surface area contributed by atoms with Gasteiger partial charge in [0.2, 0.25) is 0 Å². The third-order valence-electron chi connectivity index (χ3n) is 3.17. The molecule has 0 aliphatic heterocycles. The van der Waals surface area contributed by atoms with Gasteiger partial charge in [0.15, 0.2) is 0 Å². The van der Waals surface area contributed by atoms with Gasteiger partial charge in [-0.2, -0.15) is 0 Å². The molecule has 146 valence electrons. The molecular weight excluding hydrogens is 344 g/mol. The zero-order chi connectivity index (χ0) is 19.8. The van der Waals surface area contributed by atoms with Crippen LogP contribution in [0.4, 0.5) is 0 Å². The second-order valence-corrected chi connectivity index (χ2v) is 5.42. The number of ether oxygens (including phenoxy) is 4. The van der Waals surface area contributed by atoms with Crippen molar-refractivity contribution in [3.8, 4) is 0 Å². The molecule has 8 heteroatoms. The number of carbonyl (C=O) groups excluding carboxylic acids is 3. The standard InChI is InChI=1S/C18H26O8/c1-4-15(20)24-12-18(13-25-16(21)5-2,14-26-17(22)6-3)11-23-10-8-7-9-19/h4-6,19H,1-3,7-14H2. The minimum atomic E-state index is -1.12. The fourth-order valence-corrected chi connectivity index (χ4v) is 1.70. The Morgan fingerprint density at radius 1 is 0.769 bits per heavy atom. The Morgan fingerprint density at radius 3 is 1.54 bits per heavy atom. The predicted octanol–water partition coefficient (Wildman–Crippen LogP) is 0.949. The van der Waals surface area contributed by atoms with Gasteiger partial charge < -0.3 is 24.1 Å². The van der Waals surface area contributed by atoms with Crippen molar-refractivity contribution in [2.45, 2.75) is 12.8 Å². The quantitative estimate of drug-likeness (QED) is 0.196. The van der Waals surface area contributed by atoms with Crippen LogP contribution in [0.2, 0.25) is 0 Å². The maximum absolute atomic E-state index is 11.4. The van der Waals surface area contributed by atoms with Crippen molar-refractivity contribution in [2.75, 3.05) is 39.6 Å². The fraction of sp³-hybridized carbons (Fsp3) is 0.500. The number of rotatable bonds is 15. The van der Waals surface area contributed by atoms with E-state index in [9.17, 15) is 14.4 Å². The minimum absolute atomic E-state index is 0.0162. The molecule has 0 aliphatic carbocycles. The van der Waals surface area contributed by atoms with Gasteiger partial charge in [-0.15, -0.1) is 0 Å². The van der Waals surface area contributed by atoms with Crippen molar-refractivity contribution >= 4 is 17.9 Å². The molecule has 0 aromatic carbocycles. The van der Waals surface area contributed by atoms with Crippen LogP contribution < -0.4 is 0 Å². The largest absolute Gasteiger partial charge is 0.462 e. The Hall–Kier alpha value is -2.45. The molecular formula is C18H26O8. The molecule has 0 fully saturated rings. The van der Waals surface area contributed by atoms with E-state index in [1.807, 2.05) is 0 Å². The first-order valence-corrected chi connectivity index (χ1v) is 7.99. The van der Waals surface area contributed by atoms with E-state index in [0.29, 0.717) is 19.4 Å². The van der Waals surface area contributed by atoms with Crippen molar-refractivity contribution in [2.24, 2.45) is 5.41 Å². The van der Waals surface area contributed by atoms with Crippen LogP contribution in [-0.4, -0.2) is 62.7 Å². The summed E-state index contributed by atoms with van der Waals surface area (Å²) in [5.41, 5.74) is -1.12. The summed E-state index contributed by atoms with van der Waals surface area (Å²) in [5.74, 6) is -2.04. The normalized spacial score (nSPS) is 10.5. The number of hydrogen-bond donors (Lipinski definition) is 1. The summed E-state index contributed by atoms with van der Waals surface area (Å²) in [6, 6.07) is 0. The Bertz CT molecular complexity index is 438. The van der Waals surface area contributed by atoms with Crippen LogP contribution in [0.5, 0.6) is 0 Å². The first-order valence-electron chi connectivity index (χ1n) is 7.99. The summed E-state index contributed by atoms with van der Waals surface area (Å²) in [6.07, 6.45) is 4.13. The summed E-state index contributed by atoms with van der Waals surface area (Å²) in [6.45, 7) is 9.57. The van der Waals surface area contributed by atoms with Gasteiger partial charge in [0, 0.05) is 31.4 Å². The maximum atomic E-state index is 11.4. The number of aliphatic hydroxyl groups excluding tert-OH is 1. The lowest BCUT2D eigenvalue weighted by Crippen LogP contribution is -2.43. The zero-order valence-electron chi connectivity index (χ0n) is 14.8. The summed E-state index contributed by atoms with van der Waals surface area (Å²) >= 11 is 0. The molecule has 0 radical (unpaired) electrons. The van der Waals surface area contributed by atoms with E-state index >= 15 is 0 Å². The molecule has 0 bridgehead atoms. The van der Waals surface area contributed by atoms with Gasteiger partial charge in [-0.05, 0) is 12.8 Å². The van der Waals surface area contributed by atoms with Crippen LogP contribution in [0.3, 0.4) is 0 Å². The van der Waals surface area contributed by atoms with Gasteiger partial charge >= 0.3 is 17.9 Å². The van der Waals surface area contributed by atoms with E-state index < -0.39 is 23.3 Å². The first kappa shape index (κ1) is 23.5. The van der Waals surface area contributed by atoms with Crippen molar-refractivity contribution in [3.63, 3.8) is 0 Å². The second kappa shape index (κ2) is 13.8. The first-order chi connectivity index (χ1) is 12.4. The molecule has 0 aromatic rings. The van der Waals surface area contributed by atoms with Crippen LogP contribution in [0, 0.1) is 5.41 Å². The number of carbonyl (C=O) groups is 3. The lowest BCUT2D eigenvalue weighted by atomic mass is 9.92. The van der Waals surface area contributed by atoms with E-state index in [2.05, 4.69) is 19.7 Å².